The molecule has 104 valence electrons. The molecule has 1 aromatic rings. The van der Waals surface area contributed by atoms with Crippen LogP contribution >= 0.6 is 11.6 Å². The van der Waals surface area contributed by atoms with Crippen LogP contribution in [-0.4, -0.2) is 18.3 Å². The van der Waals surface area contributed by atoms with E-state index in [1.54, 1.807) is 24.3 Å². The molecule has 6 heteroatoms. The van der Waals surface area contributed by atoms with Gasteiger partial charge in [-0.3, -0.25) is 0 Å². The number of nitriles is 1. The molecule has 1 aromatic carbocycles. The third kappa shape index (κ3) is 2.54. The smallest absolute Gasteiger partial charge is 0.346 e. The second-order valence-corrected chi connectivity index (χ2v) is 4.90. The number of ether oxygens (including phenoxy) is 1. The first-order chi connectivity index (χ1) is 10.2. The van der Waals surface area contributed by atoms with Gasteiger partial charge in [0.15, 0.2) is 6.61 Å². The van der Waals surface area contributed by atoms with Crippen LogP contribution in [0.1, 0.15) is 11.5 Å². The predicted octanol–water partition coefficient (Wildman–Crippen LogP) is 2.94. The Morgan fingerprint density at radius 1 is 1.48 bits per heavy atom. The molecule has 0 saturated heterocycles. The summed E-state index contributed by atoms with van der Waals surface area (Å²) in [4.78, 5) is 15.1. The van der Waals surface area contributed by atoms with Crippen LogP contribution in [0, 0.1) is 11.3 Å². The molecule has 1 heterocycles. The van der Waals surface area contributed by atoms with E-state index in [2.05, 4.69) is 10.3 Å². The van der Waals surface area contributed by atoms with Crippen LogP contribution in [0.15, 0.2) is 47.1 Å². The number of rotatable bonds is 3. The largest absolute Gasteiger partial charge is 0.478 e. The molecule has 0 bridgehead atoms. The van der Waals surface area contributed by atoms with E-state index >= 15 is 0 Å². The lowest BCUT2D eigenvalue weighted by Crippen LogP contribution is -2.17. The fourth-order valence-electron chi connectivity index (χ4n) is 2.32. The summed E-state index contributed by atoms with van der Waals surface area (Å²) in [5.74, 6) is 0.403. The van der Waals surface area contributed by atoms with Gasteiger partial charge in [-0.15, -0.1) is 0 Å². The van der Waals surface area contributed by atoms with E-state index in [0.717, 1.165) is 5.56 Å². The van der Waals surface area contributed by atoms with Crippen molar-refractivity contribution in [1.29, 1.82) is 5.26 Å². The lowest BCUT2D eigenvalue weighted by molar-refractivity contribution is 0.253. The molecule has 1 N–H and O–H groups in total. The summed E-state index contributed by atoms with van der Waals surface area (Å²) < 4.78 is 5.43. The van der Waals surface area contributed by atoms with E-state index in [-0.39, 0.29) is 18.6 Å². The highest BCUT2D eigenvalue weighted by atomic mass is 35.5. The zero-order valence-corrected chi connectivity index (χ0v) is 11.6. The molecule has 1 aliphatic carbocycles. The molecule has 0 saturated carbocycles. The number of fused-ring (bicyclic) bond motifs is 1. The molecule has 0 aromatic heterocycles. The number of carbonyl (C=O) groups is 1. The van der Waals surface area contributed by atoms with Crippen molar-refractivity contribution in [2.75, 3.05) is 6.61 Å². The van der Waals surface area contributed by atoms with Gasteiger partial charge in [0, 0.05) is 16.5 Å². The number of amides is 2. The molecule has 0 fully saturated rings. The minimum atomic E-state index is -0.373. The molecule has 1 unspecified atom stereocenters. The van der Waals surface area contributed by atoms with Crippen LogP contribution in [0.25, 0.3) is 0 Å². The minimum Gasteiger partial charge on any atom is -0.478 e. The van der Waals surface area contributed by atoms with Gasteiger partial charge in [0.25, 0.3) is 0 Å². The molecular formula is C15H10ClN3O2. The number of urea groups is 1. The Hall–Kier alpha value is -2.58. The highest BCUT2D eigenvalue weighted by Gasteiger charge is 2.25. The third-order valence-corrected chi connectivity index (χ3v) is 3.52. The summed E-state index contributed by atoms with van der Waals surface area (Å²) in [6.45, 7) is -0.0518. The van der Waals surface area contributed by atoms with Gasteiger partial charge >= 0.3 is 6.03 Å². The molecule has 21 heavy (non-hydrogen) atoms. The topological polar surface area (TPSA) is 74.5 Å². The fourth-order valence-corrected chi connectivity index (χ4v) is 2.61. The van der Waals surface area contributed by atoms with Crippen LogP contribution in [0.4, 0.5) is 4.79 Å². The van der Waals surface area contributed by atoms with E-state index < -0.39 is 0 Å². The van der Waals surface area contributed by atoms with Gasteiger partial charge in [-0.25, -0.2) is 4.79 Å². The first kappa shape index (κ1) is 13.4. The normalized spacial score (nSPS) is 19.2. The van der Waals surface area contributed by atoms with Crippen molar-refractivity contribution in [2.24, 2.45) is 4.99 Å². The Bertz CT molecular complexity index is 744. The Labute approximate surface area is 126 Å². The highest BCUT2D eigenvalue weighted by molar-refractivity contribution is 6.31. The van der Waals surface area contributed by atoms with Crippen molar-refractivity contribution in [1.82, 2.24) is 5.32 Å². The van der Waals surface area contributed by atoms with Crippen LogP contribution in [0.2, 0.25) is 5.02 Å². The van der Waals surface area contributed by atoms with Gasteiger partial charge in [0.05, 0.1) is 11.4 Å². The van der Waals surface area contributed by atoms with Crippen molar-refractivity contribution in [3.8, 4) is 11.8 Å². The van der Waals surface area contributed by atoms with Gasteiger partial charge < -0.3 is 10.1 Å². The van der Waals surface area contributed by atoms with Gasteiger partial charge in [-0.1, -0.05) is 23.7 Å². The molecule has 1 aliphatic heterocycles. The van der Waals surface area contributed by atoms with E-state index in [1.165, 1.54) is 0 Å². The lowest BCUT2D eigenvalue weighted by atomic mass is 9.92. The van der Waals surface area contributed by atoms with Gasteiger partial charge in [-0.05, 0) is 24.3 Å². The number of hydrogen-bond donors (Lipinski definition) is 1. The lowest BCUT2D eigenvalue weighted by Gasteiger charge is -2.19. The predicted molar refractivity (Wildman–Crippen MR) is 78.5 cm³/mol. The molecule has 5 nitrogen and oxygen atoms in total. The quantitative estimate of drug-likeness (QED) is 0.932. The zero-order chi connectivity index (χ0) is 14.8. The summed E-state index contributed by atoms with van der Waals surface area (Å²) in [7, 11) is 0. The number of nitrogens with one attached hydrogen (secondary N) is 1. The SMILES string of the molecule is N#CCOc1cccc(Cl)c1C1C=CC2=NC(=O)NC2=C1. The highest BCUT2D eigenvalue weighted by Crippen LogP contribution is 2.37. The summed E-state index contributed by atoms with van der Waals surface area (Å²) in [5.41, 5.74) is 2.04. The minimum absolute atomic E-state index is 0.0518. The van der Waals surface area contributed by atoms with Gasteiger partial charge in [0.2, 0.25) is 0 Å². The number of carbonyl (C=O) groups excluding carboxylic acids is 1. The molecule has 0 spiro atoms. The maximum absolute atomic E-state index is 11.3. The van der Waals surface area contributed by atoms with Crippen LogP contribution < -0.4 is 10.1 Å². The maximum atomic E-state index is 11.3. The number of allylic oxidation sites excluding steroid dienone is 3. The van der Waals surface area contributed by atoms with Crippen LogP contribution in [0.3, 0.4) is 0 Å². The zero-order valence-electron chi connectivity index (χ0n) is 10.8. The molecular weight excluding hydrogens is 290 g/mol. The number of hydrogen-bond acceptors (Lipinski definition) is 3. The number of benzene rings is 1. The first-order valence-corrected chi connectivity index (χ1v) is 6.65. The van der Waals surface area contributed by atoms with E-state index in [0.29, 0.717) is 22.2 Å². The van der Waals surface area contributed by atoms with Crippen molar-refractivity contribution in [3.05, 3.63) is 52.7 Å². The van der Waals surface area contributed by atoms with Crippen molar-refractivity contribution in [2.45, 2.75) is 5.92 Å². The molecule has 2 amide bonds. The fraction of sp³-hybridized carbons (Fsp3) is 0.133. The molecule has 1 atom stereocenters. The van der Waals surface area contributed by atoms with Crippen LogP contribution in [0.5, 0.6) is 5.75 Å². The van der Waals surface area contributed by atoms with E-state index in [9.17, 15) is 4.79 Å². The Kier molecular flexibility index (Phi) is 3.46. The molecule has 3 rings (SSSR count). The standard InChI is InChI=1S/C15H10ClN3O2/c16-10-2-1-3-13(21-7-6-17)14(10)9-4-5-11-12(8-9)19-15(20)18-11/h1-5,8-9H,7H2,(H,19,20). The number of halogens is 1. The molecule has 2 aliphatic rings. The van der Waals surface area contributed by atoms with E-state index in [1.807, 2.05) is 18.2 Å². The maximum Gasteiger partial charge on any atom is 0.346 e. The van der Waals surface area contributed by atoms with Gasteiger partial charge in [0.1, 0.15) is 11.8 Å². The second-order valence-electron chi connectivity index (χ2n) is 4.49. The Balaban J connectivity index is 1.99. The average Bonchev–Trinajstić information content (AvgIpc) is 2.84. The number of nitrogens with zero attached hydrogens (tertiary/aromatic N) is 2. The summed E-state index contributed by atoms with van der Waals surface area (Å²) in [5, 5.41) is 11.9. The van der Waals surface area contributed by atoms with Gasteiger partial charge in [-0.2, -0.15) is 10.3 Å². The number of aliphatic imine (C=N–C) groups is 1. The second kappa shape index (κ2) is 5.43. The van der Waals surface area contributed by atoms with Crippen molar-refractivity contribution >= 4 is 23.3 Å². The van der Waals surface area contributed by atoms with Crippen molar-refractivity contribution in [3.63, 3.8) is 0 Å². The average molecular weight is 300 g/mol. The summed E-state index contributed by atoms with van der Waals surface area (Å²) in [6, 6.07) is 6.86. The summed E-state index contributed by atoms with van der Waals surface area (Å²) >= 11 is 6.27. The van der Waals surface area contributed by atoms with Crippen molar-refractivity contribution < 1.29 is 9.53 Å². The Morgan fingerprint density at radius 2 is 2.33 bits per heavy atom. The first-order valence-electron chi connectivity index (χ1n) is 6.27. The van der Waals surface area contributed by atoms with E-state index in [4.69, 9.17) is 21.6 Å². The van der Waals surface area contributed by atoms with Crippen LogP contribution in [-0.2, 0) is 0 Å². The monoisotopic (exact) mass is 299 g/mol. The molecule has 0 radical (unpaired) electrons. The third-order valence-electron chi connectivity index (χ3n) is 3.19. The Morgan fingerprint density at radius 3 is 3.14 bits per heavy atom. The summed E-state index contributed by atoms with van der Waals surface area (Å²) in [6.07, 6.45) is 5.53.